The van der Waals surface area contributed by atoms with E-state index in [1.54, 1.807) is 15.7 Å². The van der Waals surface area contributed by atoms with Gasteiger partial charge in [0.1, 0.15) is 0 Å². The van der Waals surface area contributed by atoms with Gasteiger partial charge >= 0.3 is 0 Å². The Morgan fingerprint density at radius 2 is 1.65 bits per heavy atom. The van der Waals surface area contributed by atoms with Crippen molar-refractivity contribution >= 4 is 10.2 Å². The van der Waals surface area contributed by atoms with Gasteiger partial charge in [0, 0.05) is 33.3 Å². The smallest absolute Gasteiger partial charge is 0.281 e. The first-order valence-electron chi connectivity index (χ1n) is 7.86. The van der Waals surface area contributed by atoms with Crippen LogP contribution in [0, 0.1) is 11.8 Å². The van der Waals surface area contributed by atoms with Crippen LogP contribution in [0.1, 0.15) is 44.9 Å². The van der Waals surface area contributed by atoms with E-state index in [1.165, 1.54) is 19.3 Å². The standard InChI is InChI=1S/C14H28N2O3S/c1-15(11-13-5-3-2-4-6-13)20(18,19)16-9-7-14(12-17)8-10-16/h13-14,17H,2-12H2,1H3. The molecule has 0 radical (unpaired) electrons. The molecule has 0 bridgehead atoms. The summed E-state index contributed by atoms with van der Waals surface area (Å²) in [6, 6.07) is 0. The van der Waals surface area contributed by atoms with Crippen molar-refractivity contribution in [3.63, 3.8) is 0 Å². The summed E-state index contributed by atoms with van der Waals surface area (Å²) < 4.78 is 28.2. The molecule has 1 N–H and O–H groups in total. The van der Waals surface area contributed by atoms with E-state index in [2.05, 4.69) is 0 Å². The number of aliphatic hydroxyl groups is 1. The van der Waals surface area contributed by atoms with Crippen LogP contribution in [0.25, 0.3) is 0 Å². The van der Waals surface area contributed by atoms with Crippen LogP contribution in [0.3, 0.4) is 0 Å². The van der Waals surface area contributed by atoms with Crippen LogP contribution in [0.15, 0.2) is 0 Å². The van der Waals surface area contributed by atoms with E-state index < -0.39 is 10.2 Å². The number of rotatable bonds is 5. The van der Waals surface area contributed by atoms with Gasteiger partial charge in [0.25, 0.3) is 10.2 Å². The summed E-state index contributed by atoms with van der Waals surface area (Å²) in [6.45, 7) is 1.92. The first-order chi connectivity index (χ1) is 9.54. The topological polar surface area (TPSA) is 60.9 Å². The lowest BCUT2D eigenvalue weighted by atomic mass is 9.89. The van der Waals surface area contributed by atoms with Crippen LogP contribution in [-0.4, -0.2) is 55.4 Å². The quantitative estimate of drug-likeness (QED) is 0.836. The van der Waals surface area contributed by atoms with Crippen molar-refractivity contribution in [1.82, 2.24) is 8.61 Å². The zero-order chi connectivity index (χ0) is 14.6. The Morgan fingerprint density at radius 1 is 1.05 bits per heavy atom. The minimum absolute atomic E-state index is 0.172. The summed E-state index contributed by atoms with van der Waals surface area (Å²) in [5.74, 6) is 0.795. The second-order valence-electron chi connectivity index (χ2n) is 6.32. The highest BCUT2D eigenvalue weighted by molar-refractivity contribution is 7.86. The number of nitrogens with zero attached hydrogens (tertiary/aromatic N) is 2. The van der Waals surface area contributed by atoms with Gasteiger partial charge < -0.3 is 5.11 Å². The Hall–Kier alpha value is -0.170. The predicted molar refractivity (Wildman–Crippen MR) is 79.5 cm³/mol. The maximum absolute atomic E-state index is 12.5. The van der Waals surface area contributed by atoms with E-state index >= 15 is 0 Å². The number of hydrogen-bond acceptors (Lipinski definition) is 3. The molecule has 1 heterocycles. The predicted octanol–water partition coefficient (Wildman–Crippen LogP) is 1.45. The monoisotopic (exact) mass is 304 g/mol. The van der Waals surface area contributed by atoms with Gasteiger partial charge in [-0.3, -0.25) is 0 Å². The lowest BCUT2D eigenvalue weighted by Crippen LogP contribution is -2.47. The van der Waals surface area contributed by atoms with Gasteiger partial charge in [-0.2, -0.15) is 17.0 Å². The third-order valence-electron chi connectivity index (χ3n) is 4.79. The molecule has 0 aromatic rings. The molecule has 0 atom stereocenters. The van der Waals surface area contributed by atoms with Gasteiger partial charge in [0.2, 0.25) is 0 Å². The molecular formula is C14H28N2O3S. The van der Waals surface area contributed by atoms with Crippen molar-refractivity contribution in [3.05, 3.63) is 0 Å². The largest absolute Gasteiger partial charge is 0.396 e. The fraction of sp³-hybridized carbons (Fsp3) is 1.00. The fourth-order valence-electron chi connectivity index (χ4n) is 3.35. The Morgan fingerprint density at radius 3 is 2.20 bits per heavy atom. The summed E-state index contributed by atoms with van der Waals surface area (Å²) in [5.41, 5.74) is 0. The van der Waals surface area contributed by atoms with Gasteiger partial charge in [0.15, 0.2) is 0 Å². The van der Waals surface area contributed by atoms with E-state index in [4.69, 9.17) is 5.11 Å². The maximum Gasteiger partial charge on any atom is 0.281 e. The molecule has 1 aliphatic carbocycles. The first kappa shape index (κ1) is 16.2. The highest BCUT2D eigenvalue weighted by Crippen LogP contribution is 2.26. The summed E-state index contributed by atoms with van der Waals surface area (Å²) in [5, 5.41) is 9.13. The molecule has 0 amide bonds. The Bertz CT molecular complexity index is 385. The molecule has 1 aliphatic heterocycles. The van der Waals surface area contributed by atoms with Crippen molar-refractivity contribution in [2.45, 2.75) is 44.9 Å². The molecule has 6 heteroatoms. The molecule has 1 saturated carbocycles. The minimum Gasteiger partial charge on any atom is -0.396 e. The van der Waals surface area contributed by atoms with Gasteiger partial charge in [-0.15, -0.1) is 0 Å². The SMILES string of the molecule is CN(CC1CCCCC1)S(=O)(=O)N1CCC(CO)CC1. The van der Waals surface area contributed by atoms with E-state index in [9.17, 15) is 8.42 Å². The number of aliphatic hydroxyl groups excluding tert-OH is 1. The van der Waals surface area contributed by atoms with Crippen LogP contribution in [0.2, 0.25) is 0 Å². The summed E-state index contributed by atoms with van der Waals surface area (Å²) in [7, 11) is -1.60. The Labute approximate surface area is 123 Å². The van der Waals surface area contributed by atoms with Crippen LogP contribution in [0.5, 0.6) is 0 Å². The molecule has 0 spiro atoms. The van der Waals surface area contributed by atoms with Gasteiger partial charge in [-0.05, 0) is 37.5 Å². The number of hydrogen-bond donors (Lipinski definition) is 1. The molecule has 1 saturated heterocycles. The zero-order valence-corrected chi connectivity index (χ0v) is 13.3. The van der Waals surface area contributed by atoms with Gasteiger partial charge in [-0.25, -0.2) is 0 Å². The average molecular weight is 304 g/mol. The summed E-state index contributed by atoms with van der Waals surface area (Å²) in [4.78, 5) is 0. The van der Waals surface area contributed by atoms with Crippen LogP contribution in [0.4, 0.5) is 0 Å². The van der Waals surface area contributed by atoms with Crippen molar-refractivity contribution in [2.24, 2.45) is 11.8 Å². The molecule has 0 aromatic heterocycles. The molecule has 20 heavy (non-hydrogen) atoms. The van der Waals surface area contributed by atoms with Crippen LogP contribution in [-0.2, 0) is 10.2 Å². The summed E-state index contributed by atoms with van der Waals surface area (Å²) in [6.07, 6.45) is 7.63. The Kier molecular flexibility index (Phi) is 5.84. The van der Waals surface area contributed by atoms with Crippen LogP contribution < -0.4 is 0 Å². The highest BCUT2D eigenvalue weighted by atomic mass is 32.2. The normalized spacial score (nSPS) is 24.4. The second kappa shape index (κ2) is 7.20. The molecule has 118 valence electrons. The molecular weight excluding hydrogens is 276 g/mol. The Balaban J connectivity index is 1.88. The first-order valence-corrected chi connectivity index (χ1v) is 9.26. The van der Waals surface area contributed by atoms with Gasteiger partial charge in [-0.1, -0.05) is 19.3 Å². The van der Waals surface area contributed by atoms with E-state index in [1.807, 2.05) is 0 Å². The van der Waals surface area contributed by atoms with Crippen molar-refractivity contribution in [2.75, 3.05) is 33.3 Å². The lowest BCUT2D eigenvalue weighted by molar-refractivity contribution is 0.165. The van der Waals surface area contributed by atoms with Crippen LogP contribution >= 0.6 is 0 Å². The zero-order valence-electron chi connectivity index (χ0n) is 12.5. The highest BCUT2D eigenvalue weighted by Gasteiger charge is 2.32. The third-order valence-corrected chi connectivity index (χ3v) is 6.75. The molecule has 0 unspecified atom stereocenters. The van der Waals surface area contributed by atoms with E-state index in [0.717, 1.165) is 25.7 Å². The molecule has 5 nitrogen and oxygen atoms in total. The third kappa shape index (κ3) is 3.93. The molecule has 0 aromatic carbocycles. The van der Waals surface area contributed by atoms with Crippen molar-refractivity contribution < 1.29 is 13.5 Å². The summed E-state index contributed by atoms with van der Waals surface area (Å²) >= 11 is 0. The second-order valence-corrected chi connectivity index (χ2v) is 8.35. The van der Waals surface area contributed by atoms with Crippen molar-refractivity contribution in [3.8, 4) is 0 Å². The lowest BCUT2D eigenvalue weighted by Gasteiger charge is -2.34. The molecule has 2 aliphatic rings. The maximum atomic E-state index is 12.5. The molecule has 2 fully saturated rings. The number of piperidine rings is 1. The molecule has 2 rings (SSSR count). The fourth-order valence-corrected chi connectivity index (χ4v) is 4.81. The van der Waals surface area contributed by atoms with E-state index in [0.29, 0.717) is 25.6 Å². The average Bonchev–Trinajstić information content (AvgIpc) is 2.48. The van der Waals surface area contributed by atoms with E-state index in [-0.39, 0.29) is 12.5 Å². The van der Waals surface area contributed by atoms with Crippen molar-refractivity contribution in [1.29, 1.82) is 0 Å². The van der Waals surface area contributed by atoms with Gasteiger partial charge in [0.05, 0.1) is 0 Å². The minimum atomic E-state index is -3.31.